The first-order valence-electron chi connectivity index (χ1n) is 7.72. The second-order valence-electron chi connectivity index (χ2n) is 5.93. The Balaban J connectivity index is 1.49. The molecule has 0 bridgehead atoms. The lowest BCUT2D eigenvalue weighted by molar-refractivity contribution is 0.391. The van der Waals surface area contributed by atoms with Gasteiger partial charge in [-0.25, -0.2) is 9.99 Å². The van der Waals surface area contributed by atoms with Crippen LogP contribution in [-0.2, 0) is 0 Å². The fourth-order valence-corrected chi connectivity index (χ4v) is 2.99. The Hall–Kier alpha value is -2.33. The van der Waals surface area contributed by atoms with E-state index in [1.54, 1.807) is 0 Å². The van der Waals surface area contributed by atoms with E-state index in [4.69, 9.17) is 4.42 Å². The lowest BCUT2D eigenvalue weighted by atomic mass is 10.1. The number of hydrogen-bond acceptors (Lipinski definition) is 4. The molecular formula is C18H19N3O. The molecule has 22 heavy (non-hydrogen) atoms. The van der Waals surface area contributed by atoms with Crippen molar-refractivity contribution in [1.82, 2.24) is 9.99 Å². The average molecular weight is 293 g/mol. The lowest BCUT2D eigenvalue weighted by Gasteiger charge is -2.18. The number of rotatable bonds is 3. The van der Waals surface area contributed by atoms with Crippen molar-refractivity contribution in [3.8, 4) is 0 Å². The highest BCUT2D eigenvalue weighted by Crippen LogP contribution is 2.29. The summed E-state index contributed by atoms with van der Waals surface area (Å²) in [6, 6.07) is 16.4. The van der Waals surface area contributed by atoms with Gasteiger partial charge in [0.05, 0.1) is 5.92 Å². The first-order valence-corrected chi connectivity index (χ1v) is 7.72. The topological polar surface area (TPSA) is 41.3 Å². The molecule has 0 aliphatic carbocycles. The molecule has 4 heteroatoms. The number of oxazole rings is 1. The first-order chi connectivity index (χ1) is 10.8. The van der Waals surface area contributed by atoms with Gasteiger partial charge in [-0.15, -0.1) is 0 Å². The predicted octanol–water partition coefficient (Wildman–Crippen LogP) is 3.95. The van der Waals surface area contributed by atoms with Gasteiger partial charge in [-0.05, 0) is 43.2 Å². The third-order valence-electron chi connectivity index (χ3n) is 4.16. The fourth-order valence-electron chi connectivity index (χ4n) is 2.99. The molecule has 1 aliphatic rings. The summed E-state index contributed by atoms with van der Waals surface area (Å²) in [6.07, 6.45) is 1.06. The smallest absolute Gasteiger partial charge is 0.200 e. The number of hydrogen-bond donors (Lipinski definition) is 1. The van der Waals surface area contributed by atoms with Crippen molar-refractivity contribution in [1.29, 1.82) is 0 Å². The standard InChI is InChI=1S/C18H19N3O/c1-13-7-8-17-16(11-13)19-18(22-17)14-9-10-21(12-14)20-15-5-3-2-4-6-15/h2-8,11,14,20H,9-10,12H2,1H3. The lowest BCUT2D eigenvalue weighted by Crippen LogP contribution is -2.27. The van der Waals surface area contributed by atoms with Crippen molar-refractivity contribution in [3.63, 3.8) is 0 Å². The maximum Gasteiger partial charge on any atom is 0.200 e. The normalized spacial score (nSPS) is 18.9. The van der Waals surface area contributed by atoms with Crippen LogP contribution < -0.4 is 5.43 Å². The highest BCUT2D eigenvalue weighted by molar-refractivity contribution is 5.73. The molecule has 4 nitrogen and oxygen atoms in total. The van der Waals surface area contributed by atoms with Gasteiger partial charge < -0.3 is 9.84 Å². The largest absolute Gasteiger partial charge is 0.440 e. The molecule has 1 aromatic heterocycles. The molecule has 1 aliphatic heterocycles. The van der Waals surface area contributed by atoms with E-state index < -0.39 is 0 Å². The van der Waals surface area contributed by atoms with Gasteiger partial charge in [0.25, 0.3) is 0 Å². The van der Waals surface area contributed by atoms with E-state index in [0.717, 1.165) is 42.2 Å². The van der Waals surface area contributed by atoms with Gasteiger partial charge in [-0.2, -0.15) is 0 Å². The highest BCUT2D eigenvalue weighted by atomic mass is 16.3. The molecule has 0 spiro atoms. The molecule has 1 unspecified atom stereocenters. The summed E-state index contributed by atoms with van der Waals surface area (Å²) in [6.45, 7) is 3.99. The summed E-state index contributed by atoms with van der Waals surface area (Å²) in [4.78, 5) is 4.68. The number of hydrazine groups is 1. The minimum Gasteiger partial charge on any atom is -0.440 e. The van der Waals surface area contributed by atoms with Crippen molar-refractivity contribution in [3.05, 3.63) is 60.0 Å². The second kappa shape index (κ2) is 5.46. The number of benzene rings is 2. The summed E-state index contributed by atoms with van der Waals surface area (Å²) in [7, 11) is 0. The summed E-state index contributed by atoms with van der Waals surface area (Å²) < 4.78 is 5.94. The second-order valence-corrected chi connectivity index (χ2v) is 5.93. The Kier molecular flexibility index (Phi) is 3.31. The third-order valence-corrected chi connectivity index (χ3v) is 4.16. The summed E-state index contributed by atoms with van der Waals surface area (Å²) in [5.41, 5.74) is 7.63. The average Bonchev–Trinajstić information content (AvgIpc) is 3.14. The molecule has 0 saturated carbocycles. The number of anilines is 1. The Bertz CT molecular complexity index is 781. The van der Waals surface area contributed by atoms with E-state index in [-0.39, 0.29) is 0 Å². The maximum atomic E-state index is 5.94. The van der Waals surface area contributed by atoms with Crippen LogP contribution in [-0.4, -0.2) is 23.1 Å². The van der Waals surface area contributed by atoms with Crippen LogP contribution in [0.15, 0.2) is 52.9 Å². The fraction of sp³-hybridized carbons (Fsp3) is 0.278. The van der Waals surface area contributed by atoms with E-state index in [9.17, 15) is 0 Å². The molecule has 1 N–H and O–H groups in total. The van der Waals surface area contributed by atoms with Crippen LogP contribution in [0.25, 0.3) is 11.1 Å². The molecule has 112 valence electrons. The molecule has 1 fully saturated rings. The monoisotopic (exact) mass is 293 g/mol. The van der Waals surface area contributed by atoms with Gasteiger partial charge in [0, 0.05) is 18.8 Å². The van der Waals surface area contributed by atoms with Crippen LogP contribution in [0, 0.1) is 6.92 Å². The van der Waals surface area contributed by atoms with Crippen LogP contribution >= 0.6 is 0 Å². The third kappa shape index (κ3) is 2.57. The van der Waals surface area contributed by atoms with Gasteiger partial charge in [0.2, 0.25) is 0 Å². The van der Waals surface area contributed by atoms with Crippen molar-refractivity contribution < 1.29 is 4.42 Å². The Morgan fingerprint density at radius 2 is 2.05 bits per heavy atom. The summed E-state index contributed by atoms with van der Waals surface area (Å²) >= 11 is 0. The maximum absolute atomic E-state index is 5.94. The van der Waals surface area contributed by atoms with Crippen LogP contribution in [0.3, 0.4) is 0 Å². The number of fused-ring (bicyclic) bond motifs is 1. The minimum absolute atomic E-state index is 0.351. The Morgan fingerprint density at radius 1 is 1.18 bits per heavy atom. The van der Waals surface area contributed by atoms with Gasteiger partial charge in [0.15, 0.2) is 11.5 Å². The molecule has 0 amide bonds. The van der Waals surface area contributed by atoms with Gasteiger partial charge >= 0.3 is 0 Å². The number of nitrogens with one attached hydrogen (secondary N) is 1. The number of aryl methyl sites for hydroxylation is 1. The molecule has 1 atom stereocenters. The van der Waals surface area contributed by atoms with E-state index in [1.807, 2.05) is 24.3 Å². The quantitative estimate of drug-likeness (QED) is 0.794. The zero-order chi connectivity index (χ0) is 14.9. The van der Waals surface area contributed by atoms with Gasteiger partial charge in [0.1, 0.15) is 5.52 Å². The zero-order valence-corrected chi connectivity index (χ0v) is 12.6. The van der Waals surface area contributed by atoms with Crippen LogP contribution in [0.2, 0.25) is 0 Å². The number of nitrogens with zero attached hydrogens (tertiary/aromatic N) is 2. The van der Waals surface area contributed by atoms with E-state index in [0.29, 0.717) is 5.92 Å². The molecule has 4 rings (SSSR count). The number of para-hydroxylation sites is 1. The van der Waals surface area contributed by atoms with Crippen LogP contribution in [0.1, 0.15) is 23.8 Å². The van der Waals surface area contributed by atoms with Crippen molar-refractivity contribution in [2.75, 3.05) is 18.5 Å². The predicted molar refractivity (Wildman–Crippen MR) is 87.7 cm³/mol. The summed E-state index contributed by atoms with van der Waals surface area (Å²) in [5, 5.41) is 2.24. The molecule has 2 aromatic carbocycles. The molecule has 1 saturated heterocycles. The van der Waals surface area contributed by atoms with E-state index in [2.05, 4.69) is 46.6 Å². The van der Waals surface area contributed by atoms with Crippen molar-refractivity contribution in [2.24, 2.45) is 0 Å². The van der Waals surface area contributed by atoms with E-state index >= 15 is 0 Å². The van der Waals surface area contributed by atoms with Crippen molar-refractivity contribution >= 4 is 16.8 Å². The highest BCUT2D eigenvalue weighted by Gasteiger charge is 2.27. The Morgan fingerprint density at radius 3 is 2.91 bits per heavy atom. The van der Waals surface area contributed by atoms with E-state index in [1.165, 1.54) is 5.56 Å². The number of aromatic nitrogens is 1. The molecule has 0 radical (unpaired) electrons. The zero-order valence-electron chi connectivity index (χ0n) is 12.6. The SMILES string of the molecule is Cc1ccc2oc(C3CCN(Nc4ccccc4)C3)nc2c1. The van der Waals surface area contributed by atoms with Crippen LogP contribution in [0.5, 0.6) is 0 Å². The Labute approximate surface area is 129 Å². The first kappa shape index (κ1) is 13.3. The molecule has 3 aromatic rings. The van der Waals surface area contributed by atoms with Crippen molar-refractivity contribution in [2.45, 2.75) is 19.3 Å². The van der Waals surface area contributed by atoms with Gasteiger partial charge in [-0.3, -0.25) is 0 Å². The minimum atomic E-state index is 0.351. The van der Waals surface area contributed by atoms with Crippen LogP contribution in [0.4, 0.5) is 5.69 Å². The molecule has 2 heterocycles. The van der Waals surface area contributed by atoms with Gasteiger partial charge in [-0.1, -0.05) is 24.3 Å². The molecular weight excluding hydrogens is 274 g/mol. The summed E-state index contributed by atoms with van der Waals surface area (Å²) in [5.74, 6) is 1.21.